The minimum atomic E-state index is -5.94. The Kier molecular flexibility index (Phi) is 6.40. The molecule has 2 aliphatic heterocycles. The molecular formula is C17H27F3O8S. The minimum absolute atomic E-state index is 0.172. The highest BCUT2D eigenvalue weighted by Gasteiger charge is 2.63. The van der Waals surface area contributed by atoms with E-state index < -0.39 is 81.7 Å². The topological polar surface area (TPSA) is 130 Å². The number of fused-ring (bicyclic) bond motifs is 2. The summed E-state index contributed by atoms with van der Waals surface area (Å²) in [6.45, 7) is 5.36. The Morgan fingerprint density at radius 3 is 2.14 bits per heavy atom. The highest BCUT2D eigenvalue weighted by atomic mass is 32.2. The van der Waals surface area contributed by atoms with Gasteiger partial charge in [-0.15, -0.1) is 0 Å². The van der Waals surface area contributed by atoms with Crippen LogP contribution in [0.15, 0.2) is 0 Å². The second-order valence-electron chi connectivity index (χ2n) is 8.80. The molecule has 2 aliphatic rings. The zero-order valence-corrected chi connectivity index (χ0v) is 17.3. The largest absolute Gasteiger partial charge is 0.465 e. The van der Waals surface area contributed by atoms with Crippen LogP contribution in [0.3, 0.4) is 0 Å². The lowest BCUT2D eigenvalue weighted by Crippen LogP contribution is -2.54. The van der Waals surface area contributed by atoms with E-state index in [0.29, 0.717) is 0 Å². The molecule has 2 fully saturated rings. The number of carbonyl (C=O) groups excluding carboxylic acids is 1. The van der Waals surface area contributed by atoms with Gasteiger partial charge in [0.15, 0.2) is 6.17 Å². The van der Waals surface area contributed by atoms with Gasteiger partial charge in [0, 0.05) is 18.3 Å². The van der Waals surface area contributed by atoms with Gasteiger partial charge in [0.1, 0.15) is 0 Å². The third kappa shape index (κ3) is 4.71. The molecule has 29 heavy (non-hydrogen) atoms. The average molecular weight is 448 g/mol. The van der Waals surface area contributed by atoms with Gasteiger partial charge in [-0.05, 0) is 34.1 Å². The standard InChI is InChI=1S/C17H27F3O8S/c1-15(2,22)11-9-7-8(13(28-9)12(11)16(3,4)23)14(21)27-6-5-10(18)17(19,20)29(24,25)26/h8-13,22-23H,5-7H2,1-4H3,(H,24,25,26). The Balaban J connectivity index is 2.02. The molecule has 8 nitrogen and oxygen atoms in total. The van der Waals surface area contributed by atoms with Crippen LogP contribution >= 0.6 is 0 Å². The van der Waals surface area contributed by atoms with Gasteiger partial charge < -0.3 is 19.7 Å². The van der Waals surface area contributed by atoms with Crippen LogP contribution in [0.25, 0.3) is 0 Å². The Bertz CT molecular complexity index is 728. The predicted molar refractivity (Wildman–Crippen MR) is 93.3 cm³/mol. The van der Waals surface area contributed by atoms with Gasteiger partial charge in [-0.1, -0.05) is 0 Å². The SMILES string of the molecule is CC(C)(O)C1C2CC(C(=O)OCCC(F)C(F)(F)S(=O)(=O)O)C(O2)C1C(C)(C)O. The fraction of sp³-hybridized carbons (Fsp3) is 0.941. The summed E-state index contributed by atoms with van der Waals surface area (Å²) in [4.78, 5) is 12.4. The molecule has 170 valence electrons. The Morgan fingerprint density at radius 2 is 1.69 bits per heavy atom. The lowest BCUT2D eigenvalue weighted by molar-refractivity contribution is -0.156. The summed E-state index contributed by atoms with van der Waals surface area (Å²) >= 11 is 0. The molecular weight excluding hydrogens is 421 g/mol. The number of ether oxygens (including phenoxy) is 2. The average Bonchev–Trinajstić information content (AvgIpc) is 3.10. The van der Waals surface area contributed by atoms with Crippen LogP contribution in [0.1, 0.15) is 40.5 Å². The van der Waals surface area contributed by atoms with E-state index in [2.05, 4.69) is 0 Å². The summed E-state index contributed by atoms with van der Waals surface area (Å²) in [5.74, 6) is -2.78. The maximum absolute atomic E-state index is 13.5. The maximum atomic E-state index is 13.5. The Hall–Kier alpha value is -0.950. The quantitative estimate of drug-likeness (QED) is 0.374. The van der Waals surface area contributed by atoms with Crippen molar-refractivity contribution in [2.75, 3.05) is 6.61 Å². The molecule has 6 atom stereocenters. The monoisotopic (exact) mass is 448 g/mol. The molecule has 2 bridgehead atoms. The van der Waals surface area contributed by atoms with Crippen molar-refractivity contribution in [2.45, 2.75) is 75.4 Å². The molecule has 3 N–H and O–H groups in total. The minimum Gasteiger partial charge on any atom is -0.465 e. The Labute approximate surface area is 167 Å². The number of hydrogen-bond acceptors (Lipinski definition) is 7. The lowest BCUT2D eigenvalue weighted by atomic mass is 9.63. The first kappa shape index (κ1) is 24.3. The van der Waals surface area contributed by atoms with Crippen LogP contribution in [-0.4, -0.2) is 70.6 Å². The van der Waals surface area contributed by atoms with Gasteiger partial charge in [0.05, 0.1) is 35.9 Å². The van der Waals surface area contributed by atoms with E-state index in [4.69, 9.17) is 14.0 Å². The number of aliphatic hydroxyl groups is 2. The molecule has 2 rings (SSSR count). The summed E-state index contributed by atoms with van der Waals surface area (Å²) in [5, 5.41) is 16.0. The van der Waals surface area contributed by atoms with Gasteiger partial charge in [0.25, 0.3) is 0 Å². The third-order valence-corrected chi connectivity index (χ3v) is 6.56. The number of alkyl halides is 3. The molecule has 0 aromatic carbocycles. The predicted octanol–water partition coefficient (Wildman–Crippen LogP) is 1.30. The highest BCUT2D eigenvalue weighted by Crippen LogP contribution is 2.54. The van der Waals surface area contributed by atoms with E-state index in [-0.39, 0.29) is 6.42 Å². The van der Waals surface area contributed by atoms with Crippen molar-refractivity contribution in [2.24, 2.45) is 17.8 Å². The first-order chi connectivity index (χ1) is 12.9. The molecule has 0 aromatic heterocycles. The number of esters is 1. The van der Waals surface area contributed by atoms with Crippen molar-refractivity contribution >= 4 is 16.1 Å². The second-order valence-corrected chi connectivity index (χ2v) is 10.3. The molecule has 0 spiro atoms. The smallest absolute Gasteiger partial charge is 0.400 e. The van der Waals surface area contributed by atoms with Crippen molar-refractivity contribution in [3.8, 4) is 0 Å². The van der Waals surface area contributed by atoms with E-state index >= 15 is 0 Å². The van der Waals surface area contributed by atoms with E-state index in [1.54, 1.807) is 13.8 Å². The van der Waals surface area contributed by atoms with E-state index in [1.807, 2.05) is 0 Å². The molecule has 2 saturated heterocycles. The zero-order valence-electron chi connectivity index (χ0n) is 16.5. The molecule has 6 unspecified atom stereocenters. The summed E-state index contributed by atoms with van der Waals surface area (Å²) in [5.41, 5.74) is -2.49. The van der Waals surface area contributed by atoms with Crippen LogP contribution in [0.2, 0.25) is 0 Å². The van der Waals surface area contributed by atoms with Crippen molar-refractivity contribution in [3.05, 3.63) is 0 Å². The zero-order chi connectivity index (χ0) is 22.6. The van der Waals surface area contributed by atoms with E-state index in [1.165, 1.54) is 13.8 Å². The third-order valence-electron chi connectivity index (χ3n) is 5.61. The molecule has 0 amide bonds. The first-order valence-corrected chi connectivity index (χ1v) is 10.6. The number of carbonyl (C=O) groups is 1. The van der Waals surface area contributed by atoms with Crippen LogP contribution in [0, 0.1) is 17.8 Å². The van der Waals surface area contributed by atoms with Crippen molar-refractivity contribution in [1.29, 1.82) is 0 Å². The summed E-state index contributed by atoms with van der Waals surface area (Å²) in [6, 6.07) is 0. The first-order valence-electron chi connectivity index (χ1n) is 9.14. The van der Waals surface area contributed by atoms with Crippen molar-refractivity contribution < 1.29 is 50.6 Å². The van der Waals surface area contributed by atoms with Gasteiger partial charge in [0.2, 0.25) is 0 Å². The molecule has 0 radical (unpaired) electrons. The number of rotatable bonds is 8. The lowest BCUT2D eigenvalue weighted by Gasteiger charge is -2.43. The summed E-state index contributed by atoms with van der Waals surface area (Å²) in [6.07, 6.45) is -5.55. The Morgan fingerprint density at radius 1 is 1.17 bits per heavy atom. The number of hydrogen-bond donors (Lipinski definition) is 3. The van der Waals surface area contributed by atoms with E-state index in [9.17, 15) is 36.6 Å². The number of halogens is 3. The van der Waals surface area contributed by atoms with Crippen LogP contribution < -0.4 is 0 Å². The van der Waals surface area contributed by atoms with Gasteiger partial charge in [-0.2, -0.15) is 17.2 Å². The van der Waals surface area contributed by atoms with E-state index in [0.717, 1.165) is 0 Å². The van der Waals surface area contributed by atoms with Crippen LogP contribution in [0.5, 0.6) is 0 Å². The molecule has 0 saturated carbocycles. The van der Waals surface area contributed by atoms with Crippen molar-refractivity contribution in [1.82, 2.24) is 0 Å². The van der Waals surface area contributed by atoms with Gasteiger partial charge in [-0.25, -0.2) is 4.39 Å². The van der Waals surface area contributed by atoms with Gasteiger partial charge >= 0.3 is 21.3 Å². The summed E-state index contributed by atoms with van der Waals surface area (Å²) < 4.78 is 79.9. The molecule has 0 aliphatic carbocycles. The van der Waals surface area contributed by atoms with Crippen LogP contribution in [0.4, 0.5) is 13.2 Å². The maximum Gasteiger partial charge on any atom is 0.400 e. The normalized spacial score (nSPS) is 31.7. The fourth-order valence-corrected chi connectivity index (χ4v) is 4.85. The second kappa shape index (κ2) is 7.63. The molecule has 12 heteroatoms. The highest BCUT2D eigenvalue weighted by molar-refractivity contribution is 7.86. The molecule has 2 heterocycles. The van der Waals surface area contributed by atoms with Gasteiger partial charge in [-0.3, -0.25) is 9.35 Å². The fourth-order valence-electron chi connectivity index (χ4n) is 4.40. The van der Waals surface area contributed by atoms with Crippen LogP contribution in [-0.2, 0) is 24.4 Å². The van der Waals surface area contributed by atoms with Crippen molar-refractivity contribution in [3.63, 3.8) is 0 Å². The molecule has 0 aromatic rings. The summed E-state index contributed by atoms with van der Waals surface area (Å²) in [7, 11) is -5.94.